The number of halogens is 1. The maximum Gasteiger partial charge on any atom is 0.224 e. The molecule has 7 nitrogen and oxygen atoms in total. The summed E-state index contributed by atoms with van der Waals surface area (Å²) in [4.78, 5) is 22.7. The summed E-state index contributed by atoms with van der Waals surface area (Å²) < 4.78 is 2.20. The zero-order valence-electron chi connectivity index (χ0n) is 18.0. The quantitative estimate of drug-likeness (QED) is 0.342. The molecule has 0 spiro atoms. The van der Waals surface area contributed by atoms with E-state index in [-0.39, 0.29) is 29.9 Å². The molecule has 0 saturated carbocycles. The van der Waals surface area contributed by atoms with Crippen LogP contribution in [0.25, 0.3) is 0 Å². The Hall–Kier alpha value is -2.10. The lowest BCUT2D eigenvalue weighted by molar-refractivity contribution is -0.116. The van der Waals surface area contributed by atoms with Crippen LogP contribution in [0.3, 0.4) is 0 Å². The molecule has 1 fully saturated rings. The molecule has 8 heteroatoms. The van der Waals surface area contributed by atoms with Crippen molar-refractivity contribution >= 4 is 41.5 Å². The van der Waals surface area contributed by atoms with Crippen molar-refractivity contribution < 1.29 is 4.79 Å². The molecule has 1 amide bonds. The SMILES string of the molecule is CCCC(=O)Nc1ccc(CNC(=NC)N2CCC(C)C(n3ccnc3)C2)cc1.I. The van der Waals surface area contributed by atoms with Crippen LogP contribution in [-0.2, 0) is 11.3 Å². The Morgan fingerprint density at radius 2 is 2.07 bits per heavy atom. The van der Waals surface area contributed by atoms with Gasteiger partial charge in [-0.15, -0.1) is 24.0 Å². The molecule has 3 rings (SSSR count). The van der Waals surface area contributed by atoms with Gasteiger partial charge in [0, 0.05) is 51.2 Å². The smallest absolute Gasteiger partial charge is 0.224 e. The van der Waals surface area contributed by atoms with E-state index in [4.69, 9.17) is 0 Å². The Balaban J connectivity index is 0.00000320. The molecule has 2 heterocycles. The molecule has 30 heavy (non-hydrogen) atoms. The molecule has 0 radical (unpaired) electrons. The van der Waals surface area contributed by atoms with Crippen molar-refractivity contribution in [3.63, 3.8) is 0 Å². The standard InChI is InChI=1S/C22H32N6O.HI/c1-4-5-21(29)26-19-8-6-18(7-9-19)14-25-22(23-3)27-12-10-17(2)20(15-27)28-13-11-24-16-28;/h6-9,11,13,16-17,20H,4-5,10,12,14-15H2,1-3H3,(H,23,25)(H,26,29);1H. The first-order valence-electron chi connectivity index (χ1n) is 10.4. The number of benzene rings is 1. The molecule has 1 aromatic carbocycles. The van der Waals surface area contributed by atoms with Gasteiger partial charge in [-0.05, 0) is 36.5 Å². The van der Waals surface area contributed by atoms with Crippen LogP contribution in [-0.4, -0.2) is 46.5 Å². The zero-order valence-corrected chi connectivity index (χ0v) is 20.4. The third-order valence-corrected chi connectivity index (χ3v) is 5.50. The minimum absolute atomic E-state index is 0. The van der Waals surface area contributed by atoms with Crippen LogP contribution in [0.2, 0.25) is 0 Å². The van der Waals surface area contributed by atoms with Crippen molar-refractivity contribution in [1.29, 1.82) is 0 Å². The van der Waals surface area contributed by atoms with Gasteiger partial charge in [-0.3, -0.25) is 9.79 Å². The van der Waals surface area contributed by atoms with Gasteiger partial charge in [-0.25, -0.2) is 4.98 Å². The molecule has 1 saturated heterocycles. The molecule has 2 atom stereocenters. The highest BCUT2D eigenvalue weighted by Gasteiger charge is 2.28. The number of amides is 1. The van der Waals surface area contributed by atoms with Gasteiger partial charge in [-0.1, -0.05) is 26.0 Å². The highest BCUT2D eigenvalue weighted by molar-refractivity contribution is 14.0. The van der Waals surface area contributed by atoms with Crippen molar-refractivity contribution in [3.05, 3.63) is 48.5 Å². The Morgan fingerprint density at radius 3 is 2.70 bits per heavy atom. The number of likely N-dealkylation sites (tertiary alicyclic amines) is 1. The Bertz CT molecular complexity index is 806. The van der Waals surface area contributed by atoms with Crippen molar-refractivity contribution in [1.82, 2.24) is 19.8 Å². The third-order valence-electron chi connectivity index (χ3n) is 5.50. The molecule has 1 aromatic heterocycles. The molecule has 2 N–H and O–H groups in total. The number of aromatic nitrogens is 2. The van der Waals surface area contributed by atoms with Gasteiger partial charge < -0.3 is 20.1 Å². The maximum absolute atomic E-state index is 11.7. The van der Waals surface area contributed by atoms with Gasteiger partial charge >= 0.3 is 0 Å². The predicted octanol–water partition coefficient (Wildman–Crippen LogP) is 3.90. The van der Waals surface area contributed by atoms with Crippen LogP contribution in [0.1, 0.15) is 44.7 Å². The van der Waals surface area contributed by atoms with Gasteiger partial charge in [-0.2, -0.15) is 0 Å². The molecule has 0 bridgehead atoms. The van der Waals surface area contributed by atoms with E-state index >= 15 is 0 Å². The van der Waals surface area contributed by atoms with E-state index in [0.717, 1.165) is 43.1 Å². The van der Waals surface area contributed by atoms with Crippen LogP contribution < -0.4 is 10.6 Å². The minimum atomic E-state index is 0. The van der Waals surface area contributed by atoms with E-state index in [1.807, 2.05) is 57.0 Å². The first-order valence-corrected chi connectivity index (χ1v) is 10.4. The van der Waals surface area contributed by atoms with Gasteiger partial charge in [0.05, 0.1) is 12.4 Å². The fourth-order valence-corrected chi connectivity index (χ4v) is 3.76. The largest absolute Gasteiger partial charge is 0.352 e. The lowest BCUT2D eigenvalue weighted by atomic mass is 9.93. The van der Waals surface area contributed by atoms with E-state index < -0.39 is 0 Å². The van der Waals surface area contributed by atoms with E-state index in [1.165, 1.54) is 0 Å². The van der Waals surface area contributed by atoms with E-state index in [1.54, 1.807) is 0 Å². The number of rotatable bonds is 6. The number of carbonyl (C=O) groups is 1. The highest BCUT2D eigenvalue weighted by atomic mass is 127. The highest BCUT2D eigenvalue weighted by Crippen LogP contribution is 2.27. The van der Waals surface area contributed by atoms with Crippen LogP contribution in [0, 0.1) is 5.92 Å². The van der Waals surface area contributed by atoms with Crippen molar-refractivity contribution in [2.24, 2.45) is 10.9 Å². The number of piperidine rings is 1. The molecular formula is C22H33IN6O. The number of carbonyl (C=O) groups excluding carboxylic acids is 1. The zero-order chi connectivity index (χ0) is 20.6. The summed E-state index contributed by atoms with van der Waals surface area (Å²) in [6, 6.07) is 8.37. The minimum Gasteiger partial charge on any atom is -0.352 e. The third kappa shape index (κ3) is 6.45. The van der Waals surface area contributed by atoms with Crippen molar-refractivity contribution in [3.8, 4) is 0 Å². The van der Waals surface area contributed by atoms with E-state index in [2.05, 4.69) is 37.0 Å². The number of nitrogens with one attached hydrogen (secondary N) is 2. The van der Waals surface area contributed by atoms with E-state index in [0.29, 0.717) is 24.9 Å². The van der Waals surface area contributed by atoms with Gasteiger partial charge in [0.2, 0.25) is 5.91 Å². The van der Waals surface area contributed by atoms with Crippen LogP contribution in [0.5, 0.6) is 0 Å². The number of hydrogen-bond acceptors (Lipinski definition) is 3. The van der Waals surface area contributed by atoms with Crippen LogP contribution >= 0.6 is 24.0 Å². The summed E-state index contributed by atoms with van der Waals surface area (Å²) in [5.74, 6) is 1.59. The summed E-state index contributed by atoms with van der Waals surface area (Å²) in [7, 11) is 1.83. The van der Waals surface area contributed by atoms with Gasteiger partial charge in [0.25, 0.3) is 0 Å². The average Bonchev–Trinajstić information content (AvgIpc) is 3.25. The molecule has 2 unspecified atom stereocenters. The number of nitrogens with zero attached hydrogens (tertiary/aromatic N) is 4. The second-order valence-electron chi connectivity index (χ2n) is 7.69. The number of aliphatic imine (C=N–C) groups is 1. The first-order chi connectivity index (χ1) is 14.1. The second-order valence-corrected chi connectivity index (χ2v) is 7.69. The Kier molecular flexibility index (Phi) is 9.61. The van der Waals surface area contributed by atoms with Crippen LogP contribution in [0.4, 0.5) is 5.69 Å². The lowest BCUT2D eigenvalue weighted by Gasteiger charge is -2.39. The molecule has 164 valence electrons. The molecule has 1 aliphatic rings. The number of guanidine groups is 1. The number of hydrogen-bond donors (Lipinski definition) is 2. The molecule has 2 aromatic rings. The predicted molar refractivity (Wildman–Crippen MR) is 132 cm³/mol. The summed E-state index contributed by atoms with van der Waals surface area (Å²) in [5, 5.41) is 6.40. The molecule has 0 aliphatic carbocycles. The number of imidazole rings is 1. The van der Waals surface area contributed by atoms with Gasteiger partial charge in [0.1, 0.15) is 0 Å². The maximum atomic E-state index is 11.7. The molecule has 1 aliphatic heterocycles. The van der Waals surface area contributed by atoms with Crippen molar-refractivity contribution in [2.45, 2.75) is 45.7 Å². The van der Waals surface area contributed by atoms with Crippen molar-refractivity contribution in [2.75, 3.05) is 25.5 Å². The summed E-state index contributed by atoms with van der Waals surface area (Å²) >= 11 is 0. The Morgan fingerprint density at radius 1 is 1.30 bits per heavy atom. The number of anilines is 1. The fraction of sp³-hybridized carbons (Fsp3) is 0.500. The summed E-state index contributed by atoms with van der Waals surface area (Å²) in [6.45, 7) is 6.91. The average molecular weight is 524 g/mol. The normalized spacial score (nSPS) is 19.2. The first kappa shape index (κ1) is 24.2. The van der Waals surface area contributed by atoms with Gasteiger partial charge in [0.15, 0.2) is 5.96 Å². The lowest BCUT2D eigenvalue weighted by Crippen LogP contribution is -2.48. The fourth-order valence-electron chi connectivity index (χ4n) is 3.76. The summed E-state index contributed by atoms with van der Waals surface area (Å²) in [5.41, 5.74) is 1.99. The topological polar surface area (TPSA) is 74.6 Å². The monoisotopic (exact) mass is 524 g/mol. The Labute approximate surface area is 196 Å². The second kappa shape index (κ2) is 11.9. The summed E-state index contributed by atoms with van der Waals surface area (Å²) in [6.07, 6.45) is 8.31. The van der Waals surface area contributed by atoms with Crippen LogP contribution in [0.15, 0.2) is 48.0 Å². The van der Waals surface area contributed by atoms with E-state index in [9.17, 15) is 4.79 Å². The molecular weight excluding hydrogens is 491 g/mol.